The van der Waals surface area contributed by atoms with Gasteiger partial charge in [0.15, 0.2) is 0 Å². The molecular weight excluding hydrogens is 164 g/mol. The number of hydrogen-bond donors (Lipinski definition) is 0. The Hall–Kier alpha value is -0.370. The van der Waals surface area contributed by atoms with E-state index in [0.717, 1.165) is 6.42 Å². The highest BCUT2D eigenvalue weighted by atomic mass is 16.5. The van der Waals surface area contributed by atoms with Gasteiger partial charge in [-0.25, -0.2) is 0 Å². The Bertz CT molecular complexity index is 156. The number of carbonyl (C=O) groups excluding carboxylic acids is 1. The highest BCUT2D eigenvalue weighted by Gasteiger charge is 2.13. The molecule has 0 radical (unpaired) electrons. The van der Waals surface area contributed by atoms with Crippen molar-refractivity contribution < 1.29 is 9.53 Å². The molecule has 0 aromatic heterocycles. The largest absolute Gasteiger partial charge is 0.376 e. The molecule has 2 nitrogen and oxygen atoms in total. The van der Waals surface area contributed by atoms with Crippen LogP contribution in [0.1, 0.15) is 47.5 Å². The van der Waals surface area contributed by atoms with Crippen molar-refractivity contribution in [3.8, 4) is 0 Å². The van der Waals surface area contributed by atoms with Gasteiger partial charge in [0.1, 0.15) is 5.78 Å². The van der Waals surface area contributed by atoms with Crippen LogP contribution in [0.5, 0.6) is 0 Å². The average molecular weight is 186 g/mol. The van der Waals surface area contributed by atoms with Crippen molar-refractivity contribution in [3.05, 3.63) is 0 Å². The van der Waals surface area contributed by atoms with Crippen molar-refractivity contribution in [2.45, 2.75) is 53.1 Å². The van der Waals surface area contributed by atoms with Crippen LogP contribution in [-0.2, 0) is 9.53 Å². The summed E-state index contributed by atoms with van der Waals surface area (Å²) in [7, 11) is 0. The quantitative estimate of drug-likeness (QED) is 0.660. The highest BCUT2D eigenvalue weighted by molar-refractivity contribution is 5.80. The van der Waals surface area contributed by atoms with Crippen molar-refractivity contribution in [2.75, 3.05) is 6.61 Å². The Kier molecular flexibility index (Phi) is 5.23. The van der Waals surface area contributed by atoms with E-state index in [1.807, 2.05) is 34.6 Å². The predicted molar refractivity (Wildman–Crippen MR) is 54.8 cm³/mol. The summed E-state index contributed by atoms with van der Waals surface area (Å²) in [5.41, 5.74) is -0.0883. The Morgan fingerprint density at radius 1 is 1.38 bits per heavy atom. The normalized spacial score (nSPS) is 14.2. The van der Waals surface area contributed by atoms with Crippen molar-refractivity contribution in [3.63, 3.8) is 0 Å². The van der Waals surface area contributed by atoms with Crippen LogP contribution in [0.3, 0.4) is 0 Å². The van der Waals surface area contributed by atoms with Gasteiger partial charge in [0, 0.05) is 18.9 Å². The molecule has 0 amide bonds. The minimum Gasteiger partial charge on any atom is -0.376 e. The molecule has 1 atom stereocenters. The van der Waals surface area contributed by atoms with Gasteiger partial charge in [0.2, 0.25) is 0 Å². The number of carbonyl (C=O) groups is 1. The number of Topliss-reactive ketones (excluding diaryl/α,β-unsaturated/α-hetero) is 1. The number of rotatable bonds is 5. The third-order valence-electron chi connectivity index (χ3n) is 1.98. The fourth-order valence-electron chi connectivity index (χ4n) is 1.05. The lowest BCUT2D eigenvalue weighted by molar-refractivity contribution is -0.123. The molecular formula is C11H22O2. The van der Waals surface area contributed by atoms with Gasteiger partial charge in [-0.05, 0) is 27.2 Å². The second-order valence-corrected chi connectivity index (χ2v) is 4.47. The van der Waals surface area contributed by atoms with Gasteiger partial charge in [0.05, 0.1) is 5.60 Å². The fourth-order valence-corrected chi connectivity index (χ4v) is 1.05. The molecule has 0 saturated carbocycles. The maximum absolute atomic E-state index is 11.2. The predicted octanol–water partition coefficient (Wildman–Crippen LogP) is 2.81. The van der Waals surface area contributed by atoms with E-state index in [2.05, 4.69) is 0 Å². The molecule has 2 heteroatoms. The first-order valence-corrected chi connectivity index (χ1v) is 5.03. The van der Waals surface area contributed by atoms with Gasteiger partial charge in [-0.1, -0.05) is 13.8 Å². The zero-order chi connectivity index (χ0) is 10.5. The van der Waals surface area contributed by atoms with E-state index in [1.165, 1.54) is 0 Å². The van der Waals surface area contributed by atoms with Gasteiger partial charge in [-0.2, -0.15) is 0 Å². The van der Waals surface area contributed by atoms with E-state index in [0.29, 0.717) is 18.8 Å². The van der Waals surface area contributed by atoms with E-state index < -0.39 is 0 Å². The molecule has 0 spiro atoms. The summed E-state index contributed by atoms with van der Waals surface area (Å²) in [6, 6.07) is 0. The molecule has 0 bridgehead atoms. The van der Waals surface area contributed by atoms with Gasteiger partial charge >= 0.3 is 0 Å². The zero-order valence-corrected chi connectivity index (χ0v) is 9.52. The van der Waals surface area contributed by atoms with Crippen LogP contribution in [-0.4, -0.2) is 18.0 Å². The Morgan fingerprint density at radius 2 is 1.92 bits per heavy atom. The lowest BCUT2D eigenvalue weighted by Crippen LogP contribution is -2.22. The maximum atomic E-state index is 11.2. The molecule has 0 saturated heterocycles. The molecule has 0 aliphatic heterocycles. The fraction of sp³-hybridized carbons (Fsp3) is 0.909. The Labute approximate surface area is 81.7 Å². The third kappa shape index (κ3) is 6.76. The SMILES string of the molecule is CCC(=O)C(C)CCOC(C)(C)C. The van der Waals surface area contributed by atoms with Crippen LogP contribution in [0, 0.1) is 5.92 Å². The lowest BCUT2D eigenvalue weighted by Gasteiger charge is -2.20. The molecule has 0 rings (SSSR count). The van der Waals surface area contributed by atoms with E-state index in [1.54, 1.807) is 0 Å². The van der Waals surface area contributed by atoms with Gasteiger partial charge in [0.25, 0.3) is 0 Å². The summed E-state index contributed by atoms with van der Waals surface area (Å²) >= 11 is 0. The van der Waals surface area contributed by atoms with Crippen LogP contribution in [0.2, 0.25) is 0 Å². The van der Waals surface area contributed by atoms with Crippen LogP contribution in [0.15, 0.2) is 0 Å². The minimum absolute atomic E-state index is 0.0883. The van der Waals surface area contributed by atoms with Crippen molar-refractivity contribution in [2.24, 2.45) is 5.92 Å². The van der Waals surface area contributed by atoms with Crippen molar-refractivity contribution in [1.29, 1.82) is 0 Å². The summed E-state index contributed by atoms with van der Waals surface area (Å²) in [5, 5.41) is 0. The summed E-state index contributed by atoms with van der Waals surface area (Å²) in [6.45, 7) is 10.6. The van der Waals surface area contributed by atoms with Crippen molar-refractivity contribution >= 4 is 5.78 Å². The van der Waals surface area contributed by atoms with E-state index >= 15 is 0 Å². The van der Waals surface area contributed by atoms with Crippen LogP contribution in [0.4, 0.5) is 0 Å². The number of ether oxygens (including phenoxy) is 1. The molecule has 0 aromatic carbocycles. The van der Waals surface area contributed by atoms with E-state index in [9.17, 15) is 4.79 Å². The van der Waals surface area contributed by atoms with Gasteiger partial charge in [-0.3, -0.25) is 4.79 Å². The first-order chi connectivity index (χ1) is 5.87. The summed E-state index contributed by atoms with van der Waals surface area (Å²) < 4.78 is 5.54. The topological polar surface area (TPSA) is 26.3 Å². The summed E-state index contributed by atoms with van der Waals surface area (Å²) in [5.74, 6) is 0.477. The summed E-state index contributed by atoms with van der Waals surface area (Å²) in [4.78, 5) is 11.2. The molecule has 0 N–H and O–H groups in total. The zero-order valence-electron chi connectivity index (χ0n) is 9.52. The second-order valence-electron chi connectivity index (χ2n) is 4.47. The molecule has 1 unspecified atom stereocenters. The van der Waals surface area contributed by atoms with Gasteiger partial charge < -0.3 is 4.74 Å². The third-order valence-corrected chi connectivity index (χ3v) is 1.98. The second kappa shape index (κ2) is 5.38. The molecule has 0 fully saturated rings. The first-order valence-electron chi connectivity index (χ1n) is 5.03. The Balaban J connectivity index is 3.59. The highest BCUT2D eigenvalue weighted by Crippen LogP contribution is 2.11. The molecule has 0 aromatic rings. The smallest absolute Gasteiger partial charge is 0.135 e. The number of hydrogen-bond acceptors (Lipinski definition) is 2. The lowest BCUT2D eigenvalue weighted by atomic mass is 10.0. The van der Waals surface area contributed by atoms with Gasteiger partial charge in [-0.15, -0.1) is 0 Å². The standard InChI is InChI=1S/C11H22O2/c1-6-10(12)9(2)7-8-13-11(3,4)5/h9H,6-8H2,1-5H3. The maximum Gasteiger partial charge on any atom is 0.135 e. The molecule has 13 heavy (non-hydrogen) atoms. The average Bonchev–Trinajstić information content (AvgIpc) is 2.00. The van der Waals surface area contributed by atoms with Crippen LogP contribution in [0.25, 0.3) is 0 Å². The van der Waals surface area contributed by atoms with E-state index in [-0.39, 0.29) is 11.5 Å². The van der Waals surface area contributed by atoms with Crippen LogP contribution < -0.4 is 0 Å². The molecule has 78 valence electrons. The monoisotopic (exact) mass is 186 g/mol. The molecule has 0 aliphatic rings. The number of ketones is 1. The summed E-state index contributed by atoms with van der Waals surface area (Å²) in [6.07, 6.45) is 1.47. The van der Waals surface area contributed by atoms with Crippen LogP contribution >= 0.6 is 0 Å². The van der Waals surface area contributed by atoms with E-state index in [4.69, 9.17) is 4.74 Å². The van der Waals surface area contributed by atoms with Crippen molar-refractivity contribution in [1.82, 2.24) is 0 Å². The first kappa shape index (κ1) is 12.6. The minimum atomic E-state index is -0.0883. The Morgan fingerprint density at radius 3 is 2.31 bits per heavy atom. The molecule has 0 aliphatic carbocycles. The molecule has 0 heterocycles.